The largest absolute Gasteiger partial charge is 0.432 e. The fourth-order valence-electron chi connectivity index (χ4n) is 3.26. The number of rotatable bonds is 3. The summed E-state index contributed by atoms with van der Waals surface area (Å²) in [5.41, 5.74) is -0.123. The van der Waals surface area contributed by atoms with Gasteiger partial charge in [0.05, 0.1) is 6.20 Å². The van der Waals surface area contributed by atoms with Gasteiger partial charge in [0.15, 0.2) is 0 Å². The number of amides is 1. The maximum absolute atomic E-state index is 12.8. The van der Waals surface area contributed by atoms with Gasteiger partial charge in [0.25, 0.3) is 6.01 Å². The molecule has 3 rings (SSSR count). The molecular formula is C16H25N3O2. The third-order valence-corrected chi connectivity index (χ3v) is 4.94. The van der Waals surface area contributed by atoms with Crippen molar-refractivity contribution in [1.82, 2.24) is 9.88 Å². The molecule has 0 spiro atoms. The molecule has 0 aromatic carbocycles. The van der Waals surface area contributed by atoms with Gasteiger partial charge in [-0.25, -0.2) is 4.98 Å². The van der Waals surface area contributed by atoms with E-state index in [0.717, 1.165) is 38.8 Å². The van der Waals surface area contributed by atoms with Crippen LogP contribution < -0.4 is 5.32 Å². The Kier molecular flexibility index (Phi) is 3.46. The number of hydrogen-bond donors (Lipinski definition) is 1. The smallest absolute Gasteiger partial charge is 0.295 e. The molecular weight excluding hydrogens is 266 g/mol. The number of nitrogens with zero attached hydrogens (tertiary/aromatic N) is 2. The number of anilines is 1. The van der Waals surface area contributed by atoms with Gasteiger partial charge in [0.2, 0.25) is 5.91 Å². The second-order valence-electron chi connectivity index (χ2n) is 7.48. The fourth-order valence-corrected chi connectivity index (χ4v) is 3.26. The van der Waals surface area contributed by atoms with E-state index in [-0.39, 0.29) is 5.91 Å². The van der Waals surface area contributed by atoms with E-state index in [4.69, 9.17) is 4.42 Å². The Morgan fingerprint density at radius 3 is 2.52 bits per heavy atom. The van der Waals surface area contributed by atoms with E-state index >= 15 is 0 Å². The summed E-state index contributed by atoms with van der Waals surface area (Å²) in [7, 11) is 0. The lowest BCUT2D eigenvalue weighted by Crippen LogP contribution is -2.49. The molecule has 1 saturated carbocycles. The lowest BCUT2D eigenvalue weighted by Gasteiger charge is -2.39. The van der Waals surface area contributed by atoms with Crippen molar-refractivity contribution in [1.29, 1.82) is 0 Å². The molecule has 0 unspecified atom stereocenters. The topological polar surface area (TPSA) is 58.4 Å². The number of likely N-dealkylation sites (tertiary alicyclic amines) is 1. The lowest BCUT2D eigenvalue weighted by atomic mass is 9.75. The van der Waals surface area contributed by atoms with E-state index < -0.39 is 5.54 Å². The minimum absolute atomic E-state index is 0.216. The van der Waals surface area contributed by atoms with Crippen LogP contribution in [-0.4, -0.2) is 34.4 Å². The van der Waals surface area contributed by atoms with Crippen LogP contribution in [0.25, 0.3) is 0 Å². The molecule has 0 radical (unpaired) electrons. The molecule has 1 aliphatic heterocycles. The van der Waals surface area contributed by atoms with Crippen molar-refractivity contribution in [3.8, 4) is 0 Å². The van der Waals surface area contributed by atoms with Gasteiger partial charge in [-0.1, -0.05) is 20.8 Å². The van der Waals surface area contributed by atoms with Gasteiger partial charge in [0, 0.05) is 13.1 Å². The van der Waals surface area contributed by atoms with Crippen molar-refractivity contribution in [3.63, 3.8) is 0 Å². The first-order valence-electron chi connectivity index (χ1n) is 7.88. The zero-order valence-corrected chi connectivity index (χ0v) is 13.2. The number of carbonyl (C=O) groups excluding carboxylic acids is 1. The highest BCUT2D eigenvalue weighted by molar-refractivity contribution is 5.92. The van der Waals surface area contributed by atoms with Gasteiger partial charge in [-0.3, -0.25) is 4.79 Å². The standard InChI is InChI=1S/C16H25N3O2/c1-15(2,3)12-4-9-19(10-5-12)13(20)16(6-7-16)18-14-17-8-11-21-14/h8,11-12H,4-7,9-10H2,1-3H3,(H,17,18). The molecule has 1 N–H and O–H groups in total. The quantitative estimate of drug-likeness (QED) is 0.930. The summed E-state index contributed by atoms with van der Waals surface area (Å²) >= 11 is 0. The zero-order chi connectivity index (χ0) is 15.1. The molecule has 1 aliphatic carbocycles. The van der Waals surface area contributed by atoms with Crippen LogP contribution in [0.5, 0.6) is 0 Å². The molecule has 5 heteroatoms. The van der Waals surface area contributed by atoms with E-state index in [1.54, 1.807) is 6.20 Å². The minimum atomic E-state index is -0.459. The Morgan fingerprint density at radius 2 is 2.05 bits per heavy atom. The van der Waals surface area contributed by atoms with Gasteiger partial charge in [-0.2, -0.15) is 0 Å². The first-order valence-corrected chi connectivity index (χ1v) is 7.88. The van der Waals surface area contributed by atoms with Gasteiger partial charge >= 0.3 is 0 Å². The second-order valence-corrected chi connectivity index (χ2v) is 7.48. The van der Waals surface area contributed by atoms with E-state index in [1.807, 2.05) is 4.90 Å². The summed E-state index contributed by atoms with van der Waals surface area (Å²) in [6, 6.07) is 0.449. The Morgan fingerprint density at radius 1 is 1.38 bits per heavy atom. The first-order chi connectivity index (χ1) is 9.91. The van der Waals surface area contributed by atoms with Crippen LogP contribution in [0.3, 0.4) is 0 Å². The average molecular weight is 291 g/mol. The number of carbonyl (C=O) groups is 1. The maximum Gasteiger partial charge on any atom is 0.295 e. The van der Waals surface area contributed by atoms with E-state index in [0.29, 0.717) is 17.3 Å². The summed E-state index contributed by atoms with van der Waals surface area (Å²) in [6.45, 7) is 8.62. The van der Waals surface area contributed by atoms with Crippen LogP contribution in [0, 0.1) is 11.3 Å². The second kappa shape index (κ2) is 5.04. The maximum atomic E-state index is 12.8. The van der Waals surface area contributed by atoms with Crippen LogP contribution >= 0.6 is 0 Å². The molecule has 0 atom stereocenters. The van der Waals surface area contributed by atoms with E-state index in [2.05, 4.69) is 31.1 Å². The first kappa shape index (κ1) is 14.4. The third-order valence-electron chi connectivity index (χ3n) is 4.94. The Hall–Kier alpha value is -1.52. The van der Waals surface area contributed by atoms with Crippen LogP contribution in [0.4, 0.5) is 6.01 Å². The Bertz CT molecular complexity index is 492. The van der Waals surface area contributed by atoms with E-state index in [1.165, 1.54) is 6.26 Å². The summed E-state index contributed by atoms with van der Waals surface area (Å²) in [6.07, 6.45) is 7.06. The molecule has 2 aliphatic rings. The molecule has 1 saturated heterocycles. The predicted octanol–water partition coefficient (Wildman–Crippen LogP) is 2.90. The molecule has 5 nitrogen and oxygen atoms in total. The highest BCUT2D eigenvalue weighted by Gasteiger charge is 2.53. The molecule has 1 amide bonds. The van der Waals surface area contributed by atoms with Gasteiger partial charge in [-0.15, -0.1) is 0 Å². The highest BCUT2D eigenvalue weighted by Crippen LogP contribution is 2.42. The third kappa shape index (κ3) is 2.92. The molecule has 1 aromatic rings. The van der Waals surface area contributed by atoms with Gasteiger partial charge in [0.1, 0.15) is 11.8 Å². The summed E-state index contributed by atoms with van der Waals surface area (Å²) in [4.78, 5) is 18.8. The van der Waals surface area contributed by atoms with E-state index in [9.17, 15) is 4.79 Å². The monoisotopic (exact) mass is 291 g/mol. The number of hydrogen-bond acceptors (Lipinski definition) is 4. The van der Waals surface area contributed by atoms with Gasteiger partial charge in [-0.05, 0) is 37.0 Å². The minimum Gasteiger partial charge on any atom is -0.432 e. The van der Waals surface area contributed by atoms with Crippen LogP contribution in [-0.2, 0) is 4.79 Å². The molecule has 2 heterocycles. The number of aromatic nitrogens is 1. The number of nitrogens with one attached hydrogen (secondary N) is 1. The van der Waals surface area contributed by atoms with Crippen LogP contribution in [0.2, 0.25) is 0 Å². The highest BCUT2D eigenvalue weighted by atomic mass is 16.4. The zero-order valence-electron chi connectivity index (χ0n) is 13.2. The van der Waals surface area contributed by atoms with Crippen molar-refractivity contribution < 1.29 is 9.21 Å². The average Bonchev–Trinajstić information content (AvgIpc) is 3.04. The van der Waals surface area contributed by atoms with Crippen LogP contribution in [0.1, 0.15) is 46.5 Å². The normalized spacial score (nSPS) is 22.1. The van der Waals surface area contributed by atoms with Crippen molar-refractivity contribution in [2.45, 2.75) is 52.0 Å². The lowest BCUT2D eigenvalue weighted by molar-refractivity contribution is -0.135. The molecule has 0 bridgehead atoms. The molecule has 116 valence electrons. The predicted molar refractivity (Wildman–Crippen MR) is 80.8 cm³/mol. The summed E-state index contributed by atoms with van der Waals surface area (Å²) < 4.78 is 5.22. The molecule has 21 heavy (non-hydrogen) atoms. The van der Waals surface area contributed by atoms with Gasteiger partial charge < -0.3 is 14.6 Å². The summed E-state index contributed by atoms with van der Waals surface area (Å²) in [5.74, 6) is 0.921. The number of piperidine rings is 1. The number of oxazole rings is 1. The Balaban J connectivity index is 1.59. The van der Waals surface area contributed by atoms with Crippen molar-refractivity contribution in [2.75, 3.05) is 18.4 Å². The SMILES string of the molecule is CC(C)(C)C1CCN(C(=O)C2(Nc3ncco3)CC2)CC1. The molecule has 2 fully saturated rings. The van der Waals surface area contributed by atoms with Crippen molar-refractivity contribution in [3.05, 3.63) is 12.5 Å². The summed E-state index contributed by atoms with van der Waals surface area (Å²) in [5, 5.41) is 3.18. The van der Waals surface area contributed by atoms with Crippen molar-refractivity contribution in [2.24, 2.45) is 11.3 Å². The van der Waals surface area contributed by atoms with Crippen LogP contribution in [0.15, 0.2) is 16.9 Å². The van der Waals surface area contributed by atoms with Crippen molar-refractivity contribution >= 4 is 11.9 Å². The Labute approximate surface area is 126 Å². The fraction of sp³-hybridized carbons (Fsp3) is 0.750. The molecule has 1 aromatic heterocycles.